The Kier molecular flexibility index (Phi) is 4.62. The van der Waals surface area contributed by atoms with E-state index in [1.165, 1.54) is 30.6 Å². The van der Waals surface area contributed by atoms with Crippen LogP contribution in [0, 0.1) is 5.82 Å². The molecule has 3 aromatic rings. The van der Waals surface area contributed by atoms with Crippen molar-refractivity contribution in [3.05, 3.63) is 60.2 Å². The largest absolute Gasteiger partial charge is 0.365 e. The molecule has 3 rings (SSSR count). The third kappa shape index (κ3) is 3.58. The third-order valence-electron chi connectivity index (χ3n) is 3.63. The van der Waals surface area contributed by atoms with E-state index in [4.69, 9.17) is 5.21 Å². The average molecular weight is 362 g/mol. The van der Waals surface area contributed by atoms with Crippen molar-refractivity contribution >= 4 is 26.7 Å². The summed E-state index contributed by atoms with van der Waals surface area (Å²) in [5, 5.41) is 13.0. The van der Waals surface area contributed by atoms with Crippen LogP contribution in [0.15, 0.2) is 53.7 Å². The Labute approximate surface area is 143 Å². The first kappa shape index (κ1) is 17.2. The number of aromatic nitrogens is 2. The van der Waals surface area contributed by atoms with E-state index in [0.29, 0.717) is 23.3 Å². The van der Waals surface area contributed by atoms with Gasteiger partial charge in [0.1, 0.15) is 18.0 Å². The number of benzene rings is 2. The highest BCUT2D eigenvalue weighted by atomic mass is 32.2. The van der Waals surface area contributed by atoms with Gasteiger partial charge in [0.25, 0.3) is 10.0 Å². The summed E-state index contributed by atoms with van der Waals surface area (Å²) in [6.45, 7) is 0.388. The lowest BCUT2D eigenvalue weighted by Crippen LogP contribution is -2.22. The lowest BCUT2D eigenvalue weighted by Gasteiger charge is -2.11. The van der Waals surface area contributed by atoms with Crippen LogP contribution in [0.4, 0.5) is 10.2 Å². The summed E-state index contributed by atoms with van der Waals surface area (Å²) in [6.07, 6.45) is 1.34. The second-order valence-electron chi connectivity index (χ2n) is 5.32. The maximum absolute atomic E-state index is 13.3. The van der Waals surface area contributed by atoms with Crippen LogP contribution in [0.2, 0.25) is 0 Å². The van der Waals surface area contributed by atoms with Gasteiger partial charge in [-0.3, -0.25) is 5.21 Å². The highest BCUT2D eigenvalue weighted by Gasteiger charge is 2.18. The van der Waals surface area contributed by atoms with Gasteiger partial charge in [-0.05, 0) is 29.8 Å². The predicted molar refractivity (Wildman–Crippen MR) is 90.0 cm³/mol. The van der Waals surface area contributed by atoms with Crippen LogP contribution in [0.25, 0.3) is 10.9 Å². The van der Waals surface area contributed by atoms with Crippen molar-refractivity contribution in [3.8, 4) is 0 Å². The molecule has 2 N–H and O–H groups in total. The first-order valence-corrected chi connectivity index (χ1v) is 8.73. The van der Waals surface area contributed by atoms with Gasteiger partial charge < -0.3 is 5.32 Å². The smallest absolute Gasteiger partial charge is 0.264 e. The highest BCUT2D eigenvalue weighted by Crippen LogP contribution is 2.21. The molecular formula is C16H15FN4O3S. The van der Waals surface area contributed by atoms with Crippen LogP contribution in [-0.2, 0) is 16.6 Å². The van der Waals surface area contributed by atoms with Crippen molar-refractivity contribution in [2.24, 2.45) is 0 Å². The molecule has 1 aromatic heterocycles. The lowest BCUT2D eigenvalue weighted by molar-refractivity contribution is 0.0310. The van der Waals surface area contributed by atoms with Crippen LogP contribution in [0.3, 0.4) is 0 Å². The number of hydroxylamine groups is 1. The average Bonchev–Trinajstić information content (AvgIpc) is 2.59. The molecule has 9 heteroatoms. The maximum atomic E-state index is 13.3. The van der Waals surface area contributed by atoms with Gasteiger partial charge in [-0.25, -0.2) is 22.8 Å². The molecule has 2 aromatic carbocycles. The van der Waals surface area contributed by atoms with Crippen molar-refractivity contribution in [2.45, 2.75) is 11.4 Å². The van der Waals surface area contributed by atoms with Crippen molar-refractivity contribution in [1.29, 1.82) is 0 Å². The zero-order chi connectivity index (χ0) is 18.0. The van der Waals surface area contributed by atoms with E-state index in [1.54, 1.807) is 18.2 Å². The summed E-state index contributed by atoms with van der Waals surface area (Å²) in [5.74, 6) is 0.180. The van der Waals surface area contributed by atoms with E-state index >= 15 is 0 Å². The topological polar surface area (TPSA) is 95.4 Å². The molecule has 25 heavy (non-hydrogen) atoms. The van der Waals surface area contributed by atoms with Gasteiger partial charge in [-0.15, -0.1) is 0 Å². The standard InChI is InChI=1S/C16H15FN4O3S/c1-21(22)25(23,24)13-5-2-11(3-6-13)9-18-16-14-7-4-12(17)8-15(14)19-10-20-16/h2-8,10,22H,9H2,1H3,(H,18,19,20). The quantitative estimate of drug-likeness (QED) is 0.677. The Morgan fingerprint density at radius 3 is 2.56 bits per heavy atom. The number of anilines is 1. The molecule has 0 aliphatic carbocycles. The van der Waals surface area contributed by atoms with E-state index in [1.807, 2.05) is 0 Å². The number of sulfonamides is 1. The summed E-state index contributed by atoms with van der Waals surface area (Å²) < 4.78 is 37.1. The van der Waals surface area contributed by atoms with E-state index in [0.717, 1.165) is 12.6 Å². The number of fused-ring (bicyclic) bond motifs is 1. The summed E-state index contributed by atoms with van der Waals surface area (Å²) in [7, 11) is -2.83. The molecule has 0 aliphatic heterocycles. The second-order valence-corrected chi connectivity index (χ2v) is 7.27. The van der Waals surface area contributed by atoms with Crippen molar-refractivity contribution in [3.63, 3.8) is 0 Å². The number of hydrogen-bond acceptors (Lipinski definition) is 6. The summed E-state index contributed by atoms with van der Waals surface area (Å²) in [4.78, 5) is 8.17. The van der Waals surface area contributed by atoms with Crippen LogP contribution in [0.5, 0.6) is 0 Å². The molecule has 0 bridgehead atoms. The fourth-order valence-electron chi connectivity index (χ4n) is 2.29. The molecule has 0 saturated carbocycles. The summed E-state index contributed by atoms with van der Waals surface area (Å²) >= 11 is 0. The Balaban J connectivity index is 1.79. The highest BCUT2D eigenvalue weighted by molar-refractivity contribution is 7.89. The van der Waals surface area contributed by atoms with E-state index in [2.05, 4.69) is 15.3 Å². The zero-order valence-corrected chi connectivity index (χ0v) is 14.0. The van der Waals surface area contributed by atoms with Gasteiger partial charge in [0.2, 0.25) is 0 Å². The Hall–Kier alpha value is -2.62. The minimum Gasteiger partial charge on any atom is -0.365 e. The minimum absolute atomic E-state index is 0.00999. The van der Waals surface area contributed by atoms with Crippen LogP contribution >= 0.6 is 0 Å². The second kappa shape index (κ2) is 6.71. The van der Waals surface area contributed by atoms with Gasteiger partial charge in [0, 0.05) is 25.0 Å². The molecular weight excluding hydrogens is 347 g/mol. The van der Waals surface area contributed by atoms with Crippen molar-refractivity contribution < 1.29 is 18.0 Å². The van der Waals surface area contributed by atoms with E-state index in [-0.39, 0.29) is 15.2 Å². The fourth-order valence-corrected chi connectivity index (χ4v) is 3.07. The molecule has 0 spiro atoms. The van der Waals surface area contributed by atoms with Crippen molar-refractivity contribution in [2.75, 3.05) is 12.4 Å². The van der Waals surface area contributed by atoms with Gasteiger partial charge in [0.05, 0.1) is 10.4 Å². The maximum Gasteiger partial charge on any atom is 0.264 e. The van der Waals surface area contributed by atoms with Gasteiger partial charge in [0.15, 0.2) is 0 Å². The molecule has 0 unspecified atom stereocenters. The Bertz CT molecular complexity index is 1010. The first-order valence-electron chi connectivity index (χ1n) is 7.29. The number of hydrogen-bond donors (Lipinski definition) is 2. The number of halogens is 1. The summed E-state index contributed by atoms with van der Waals surface area (Å²) in [6, 6.07) is 10.3. The third-order valence-corrected chi connectivity index (χ3v) is 5.19. The normalized spacial score (nSPS) is 11.8. The van der Waals surface area contributed by atoms with Crippen molar-refractivity contribution in [1.82, 2.24) is 14.4 Å². The molecule has 1 heterocycles. The van der Waals surface area contributed by atoms with E-state index < -0.39 is 10.0 Å². The molecule has 7 nitrogen and oxygen atoms in total. The van der Waals surface area contributed by atoms with Gasteiger partial charge in [-0.2, -0.15) is 0 Å². The molecule has 0 amide bonds. The molecule has 130 valence electrons. The Morgan fingerprint density at radius 2 is 1.88 bits per heavy atom. The molecule has 0 aliphatic rings. The first-order chi connectivity index (χ1) is 11.9. The predicted octanol–water partition coefficient (Wildman–Crippen LogP) is 2.39. The fraction of sp³-hybridized carbons (Fsp3) is 0.125. The molecule has 0 saturated heterocycles. The van der Waals surface area contributed by atoms with Gasteiger partial charge in [-0.1, -0.05) is 16.6 Å². The number of nitrogens with zero attached hydrogens (tertiary/aromatic N) is 3. The number of rotatable bonds is 5. The van der Waals surface area contributed by atoms with Crippen LogP contribution in [-0.4, -0.2) is 35.1 Å². The van der Waals surface area contributed by atoms with Crippen LogP contribution in [0.1, 0.15) is 5.56 Å². The lowest BCUT2D eigenvalue weighted by atomic mass is 10.2. The van der Waals surface area contributed by atoms with E-state index in [9.17, 15) is 12.8 Å². The zero-order valence-electron chi connectivity index (χ0n) is 13.2. The Morgan fingerprint density at radius 1 is 1.16 bits per heavy atom. The SMILES string of the molecule is CN(O)S(=O)(=O)c1ccc(CNc2ncnc3cc(F)ccc23)cc1. The van der Waals surface area contributed by atoms with Gasteiger partial charge >= 0.3 is 0 Å². The summed E-state index contributed by atoms with van der Waals surface area (Å²) in [5.41, 5.74) is 1.30. The molecule has 0 atom stereocenters. The molecule has 0 fully saturated rings. The minimum atomic E-state index is -3.88. The molecule has 0 radical (unpaired) electrons. The van der Waals surface area contributed by atoms with Crippen LogP contribution < -0.4 is 5.32 Å². The number of nitrogens with one attached hydrogen (secondary N) is 1. The monoisotopic (exact) mass is 362 g/mol.